The molecule has 0 heteroatoms. The van der Waals surface area contributed by atoms with Gasteiger partial charge in [-0.05, 0) is 11.8 Å². The highest BCUT2D eigenvalue weighted by atomic mass is 13.4. The normalized spacial score (nSPS) is 3.20. The molecular formula is C5H. The number of rotatable bonds is 0. The van der Waals surface area contributed by atoms with E-state index in [4.69, 9.17) is 6.92 Å². The standard InChI is InChI=1S/C5H/c1-3-5-4-2/h1H. The van der Waals surface area contributed by atoms with Crippen molar-refractivity contribution in [2.24, 2.45) is 0 Å². The summed E-state index contributed by atoms with van der Waals surface area (Å²) in [6.45, 7) is 6.10. The van der Waals surface area contributed by atoms with Gasteiger partial charge in [0.15, 0.2) is 0 Å². The van der Waals surface area contributed by atoms with Crippen LogP contribution >= 0.6 is 0 Å². The van der Waals surface area contributed by atoms with E-state index >= 15 is 0 Å². The van der Waals surface area contributed by atoms with Crippen molar-refractivity contribution >= 4 is 0 Å². The van der Waals surface area contributed by atoms with E-state index in [9.17, 15) is 0 Å². The Kier molecular flexibility index (Phi) is 2.57. The first-order valence-electron chi connectivity index (χ1n) is 1.04. The van der Waals surface area contributed by atoms with Gasteiger partial charge in [-0.25, -0.2) is 0 Å². The molecule has 0 aliphatic carbocycles. The van der Waals surface area contributed by atoms with Gasteiger partial charge in [0, 0.05) is 0 Å². The molecule has 0 fully saturated rings. The minimum Gasteiger partial charge on any atom is -0.106 e. The highest BCUT2D eigenvalue weighted by Gasteiger charge is 1.36. The maximum atomic E-state index is 6.10. The van der Waals surface area contributed by atoms with Gasteiger partial charge in [-0.3, -0.25) is 0 Å². The van der Waals surface area contributed by atoms with Crippen molar-refractivity contribution in [1.29, 1.82) is 0 Å². The van der Waals surface area contributed by atoms with E-state index in [2.05, 4.69) is 12.3 Å². The van der Waals surface area contributed by atoms with Crippen LogP contribution in [0.3, 0.4) is 0 Å². The molecule has 0 spiro atoms. The van der Waals surface area contributed by atoms with Gasteiger partial charge in [-0.2, -0.15) is 0 Å². The Hall–Kier alpha value is -0.880. The fraction of sp³-hybridized carbons (Fsp3) is 0. The Bertz CT molecular complexity index is 93.4. The van der Waals surface area contributed by atoms with Crippen LogP contribution in [0.5, 0.6) is 0 Å². The lowest BCUT2D eigenvalue weighted by atomic mass is 10.6. The predicted molar refractivity (Wildman–Crippen MR) is 19.9 cm³/mol. The fourth-order valence-electron chi connectivity index (χ4n) is 0.0361. The van der Waals surface area contributed by atoms with E-state index in [1.54, 1.807) is 5.92 Å². The second-order valence-electron chi connectivity index (χ2n) is 0.394. The summed E-state index contributed by atoms with van der Waals surface area (Å²) in [4.78, 5) is 0. The first kappa shape index (κ1) is 4.12. The van der Waals surface area contributed by atoms with Gasteiger partial charge >= 0.3 is 0 Å². The van der Waals surface area contributed by atoms with Gasteiger partial charge in [-0.15, -0.1) is 6.42 Å². The quantitative estimate of drug-likeness (QED) is 0.351. The molecular weight excluding hydrogens is 60.1 g/mol. The van der Waals surface area contributed by atoms with Gasteiger partial charge in [0.25, 0.3) is 0 Å². The zero-order valence-electron chi connectivity index (χ0n) is 2.58. The van der Waals surface area contributed by atoms with Gasteiger partial charge < -0.3 is 0 Å². The summed E-state index contributed by atoms with van der Waals surface area (Å²) in [6.07, 6.45) is 4.60. The summed E-state index contributed by atoms with van der Waals surface area (Å²) >= 11 is 0. The SMILES string of the molecule is [C]C#CC#C. The minimum absolute atomic E-state index is 1.78. The molecule has 0 aliphatic rings. The highest BCUT2D eigenvalue weighted by molar-refractivity contribution is 5.22. The van der Waals surface area contributed by atoms with Crippen LogP contribution in [0.25, 0.3) is 0 Å². The summed E-state index contributed by atoms with van der Waals surface area (Å²) in [6, 6.07) is 0. The molecule has 0 heterocycles. The van der Waals surface area contributed by atoms with Crippen molar-refractivity contribution in [1.82, 2.24) is 0 Å². The molecule has 0 saturated carbocycles. The summed E-state index contributed by atoms with van der Waals surface area (Å²) in [5.74, 6) is 5.81. The molecule has 0 saturated heterocycles. The Morgan fingerprint density at radius 2 is 2.20 bits per heavy atom. The Labute approximate surface area is 32.2 Å². The van der Waals surface area contributed by atoms with Crippen molar-refractivity contribution < 1.29 is 0 Å². The minimum atomic E-state index is 1.78. The van der Waals surface area contributed by atoms with Crippen molar-refractivity contribution in [3.8, 4) is 24.2 Å². The van der Waals surface area contributed by atoms with Crippen molar-refractivity contribution in [2.75, 3.05) is 0 Å². The van der Waals surface area contributed by atoms with E-state index in [0.29, 0.717) is 0 Å². The second-order valence-corrected chi connectivity index (χ2v) is 0.394. The van der Waals surface area contributed by atoms with E-state index in [0.717, 1.165) is 0 Å². The molecule has 0 nitrogen and oxygen atoms in total. The van der Waals surface area contributed by atoms with Crippen molar-refractivity contribution in [2.45, 2.75) is 0 Å². The molecule has 0 aromatic heterocycles. The highest BCUT2D eigenvalue weighted by Crippen LogP contribution is 1.40. The lowest BCUT2D eigenvalue weighted by molar-refractivity contribution is 2.35. The maximum absolute atomic E-state index is 6.10. The molecule has 0 bridgehead atoms. The molecule has 0 amide bonds. The third-order valence-electron chi connectivity index (χ3n) is 0.135. The van der Waals surface area contributed by atoms with Crippen LogP contribution in [0.4, 0.5) is 0 Å². The average Bonchev–Trinajstić information content (AvgIpc) is 1.41. The van der Waals surface area contributed by atoms with Crippen LogP contribution in [0.15, 0.2) is 0 Å². The van der Waals surface area contributed by atoms with Crippen molar-refractivity contribution in [3.63, 3.8) is 0 Å². The maximum Gasteiger partial charge on any atom is 0.0917 e. The molecule has 0 N–H and O–H groups in total. The first-order chi connectivity index (χ1) is 2.41. The number of terminal acetylenes is 1. The lowest BCUT2D eigenvalue weighted by Crippen LogP contribution is -1.37. The van der Waals surface area contributed by atoms with E-state index < -0.39 is 0 Å². The second kappa shape index (κ2) is 3.12. The van der Waals surface area contributed by atoms with Gasteiger partial charge in [-0.1, -0.05) is 5.92 Å². The zero-order valence-corrected chi connectivity index (χ0v) is 2.58. The molecule has 21 valence electrons. The zero-order chi connectivity index (χ0) is 4.12. The van der Waals surface area contributed by atoms with E-state index in [1.807, 2.05) is 5.92 Å². The summed E-state index contributed by atoms with van der Waals surface area (Å²) < 4.78 is 0. The lowest BCUT2D eigenvalue weighted by Gasteiger charge is -1.40. The first-order valence-corrected chi connectivity index (χ1v) is 1.04. The Morgan fingerprint density at radius 3 is 2.20 bits per heavy atom. The average molecular weight is 61.1 g/mol. The van der Waals surface area contributed by atoms with E-state index in [1.165, 1.54) is 0 Å². The number of hydrogen-bond donors (Lipinski definition) is 0. The molecule has 0 rings (SSSR count). The monoisotopic (exact) mass is 61.0 g/mol. The predicted octanol–water partition coefficient (Wildman–Crippen LogP) is 0.211. The third kappa shape index (κ3) is 3.12. The molecule has 3 radical (unpaired) electrons. The van der Waals surface area contributed by atoms with Gasteiger partial charge in [0.2, 0.25) is 0 Å². The van der Waals surface area contributed by atoms with Crippen LogP contribution in [0, 0.1) is 31.1 Å². The molecule has 0 aliphatic heterocycles. The molecule has 5 heavy (non-hydrogen) atoms. The third-order valence-corrected chi connectivity index (χ3v) is 0.135. The topological polar surface area (TPSA) is 0 Å². The Morgan fingerprint density at radius 1 is 1.60 bits per heavy atom. The van der Waals surface area contributed by atoms with Gasteiger partial charge in [0.1, 0.15) is 0 Å². The van der Waals surface area contributed by atoms with Crippen LogP contribution in [0.1, 0.15) is 0 Å². The molecule has 0 aromatic carbocycles. The Balaban J connectivity index is 3.30. The van der Waals surface area contributed by atoms with Crippen LogP contribution < -0.4 is 0 Å². The summed E-state index contributed by atoms with van der Waals surface area (Å²) in [5, 5.41) is 0. The van der Waals surface area contributed by atoms with Crippen LogP contribution in [-0.2, 0) is 0 Å². The van der Waals surface area contributed by atoms with Crippen LogP contribution in [0.2, 0.25) is 0 Å². The largest absolute Gasteiger partial charge is 0.106 e. The molecule has 0 atom stereocenters. The number of hydrogen-bond acceptors (Lipinski definition) is 0. The smallest absolute Gasteiger partial charge is 0.0917 e. The summed E-state index contributed by atoms with van der Waals surface area (Å²) in [7, 11) is 0. The van der Waals surface area contributed by atoms with Gasteiger partial charge in [0.05, 0.1) is 6.92 Å². The molecule has 0 aromatic rings. The van der Waals surface area contributed by atoms with Crippen LogP contribution in [-0.4, -0.2) is 0 Å². The fourth-order valence-corrected chi connectivity index (χ4v) is 0.0361. The van der Waals surface area contributed by atoms with Crippen molar-refractivity contribution in [3.05, 3.63) is 6.92 Å². The molecule has 0 unspecified atom stereocenters. The summed E-state index contributed by atoms with van der Waals surface area (Å²) in [5.41, 5.74) is 0. The van der Waals surface area contributed by atoms with E-state index in [-0.39, 0.29) is 0 Å².